The average molecular weight is 280 g/mol. The molecule has 0 aliphatic carbocycles. The van der Waals surface area contributed by atoms with Crippen molar-refractivity contribution in [2.75, 3.05) is 5.32 Å². The summed E-state index contributed by atoms with van der Waals surface area (Å²) in [5.74, 6) is -0.893. The second-order valence-corrected chi connectivity index (χ2v) is 3.74. The number of pyridine rings is 1. The van der Waals surface area contributed by atoms with Gasteiger partial charge in [-0.15, -0.1) is 0 Å². The van der Waals surface area contributed by atoms with Gasteiger partial charge in [-0.1, -0.05) is 12.1 Å². The summed E-state index contributed by atoms with van der Waals surface area (Å²) >= 11 is 0. The minimum atomic E-state index is -3.01. The van der Waals surface area contributed by atoms with Gasteiger partial charge in [-0.05, 0) is 18.2 Å². The van der Waals surface area contributed by atoms with Gasteiger partial charge in [-0.2, -0.15) is 13.5 Å². The predicted molar refractivity (Wildman–Crippen MR) is 66.4 cm³/mol. The minimum Gasteiger partial charge on any atom is -0.618 e. The lowest BCUT2D eigenvalue weighted by atomic mass is 10.2. The Labute approximate surface area is 113 Å². The summed E-state index contributed by atoms with van der Waals surface area (Å²) in [6, 6.07) is 10.0. The van der Waals surface area contributed by atoms with Gasteiger partial charge in [0.2, 0.25) is 0 Å². The van der Waals surface area contributed by atoms with Gasteiger partial charge in [0.15, 0.2) is 6.20 Å². The van der Waals surface area contributed by atoms with Crippen molar-refractivity contribution in [1.82, 2.24) is 0 Å². The van der Waals surface area contributed by atoms with Crippen LogP contribution in [0, 0.1) is 5.21 Å². The molecule has 1 aromatic heterocycles. The first-order valence-corrected chi connectivity index (χ1v) is 5.61. The predicted octanol–water partition coefficient (Wildman–Crippen LogP) is 2.17. The molecule has 0 aliphatic heterocycles. The molecule has 0 saturated carbocycles. The summed E-state index contributed by atoms with van der Waals surface area (Å²) in [5, 5.41) is 13.8. The summed E-state index contributed by atoms with van der Waals surface area (Å²) in [6.07, 6.45) is 1.16. The normalized spacial score (nSPS) is 10.3. The number of rotatable bonds is 4. The van der Waals surface area contributed by atoms with Gasteiger partial charge in [-0.3, -0.25) is 4.79 Å². The molecule has 0 bridgehead atoms. The number of carbonyl (C=O) groups is 1. The quantitative estimate of drug-likeness (QED) is 0.689. The maximum Gasteiger partial charge on any atom is 0.387 e. The molecule has 104 valence electrons. The number of anilines is 1. The number of alkyl halides is 2. The van der Waals surface area contributed by atoms with Crippen LogP contribution in [0.5, 0.6) is 5.75 Å². The molecule has 20 heavy (non-hydrogen) atoms. The van der Waals surface area contributed by atoms with Crippen LogP contribution in [0.25, 0.3) is 0 Å². The molecular weight excluding hydrogens is 270 g/mol. The number of benzene rings is 1. The zero-order valence-corrected chi connectivity index (χ0v) is 10.1. The van der Waals surface area contributed by atoms with E-state index in [1.807, 2.05) is 0 Å². The van der Waals surface area contributed by atoms with Crippen LogP contribution in [0.1, 0.15) is 10.5 Å². The monoisotopic (exact) mass is 280 g/mol. The van der Waals surface area contributed by atoms with Crippen LogP contribution >= 0.6 is 0 Å². The van der Waals surface area contributed by atoms with Gasteiger partial charge in [-0.25, -0.2) is 0 Å². The fraction of sp³-hybridized carbons (Fsp3) is 0.0769. The number of carbonyl (C=O) groups excluding carboxylic acids is 1. The third kappa shape index (κ3) is 3.19. The SMILES string of the molecule is O=C(Nc1ccccc1OC(F)F)c1cccc[n+]1[O-]. The summed E-state index contributed by atoms with van der Waals surface area (Å²) in [7, 11) is 0. The fourth-order valence-electron chi connectivity index (χ4n) is 1.56. The van der Waals surface area contributed by atoms with E-state index in [2.05, 4.69) is 10.1 Å². The van der Waals surface area contributed by atoms with Gasteiger partial charge < -0.3 is 15.3 Å². The van der Waals surface area contributed by atoms with E-state index in [4.69, 9.17) is 0 Å². The maximum absolute atomic E-state index is 12.2. The van der Waals surface area contributed by atoms with E-state index in [-0.39, 0.29) is 17.1 Å². The zero-order chi connectivity index (χ0) is 14.5. The van der Waals surface area contributed by atoms with E-state index in [0.717, 1.165) is 6.20 Å². The Kier molecular flexibility index (Phi) is 4.09. The van der Waals surface area contributed by atoms with Crippen molar-refractivity contribution in [2.24, 2.45) is 0 Å². The average Bonchev–Trinajstić information content (AvgIpc) is 2.41. The number of amides is 1. The van der Waals surface area contributed by atoms with Crippen LogP contribution in [0.15, 0.2) is 48.7 Å². The first kappa shape index (κ1) is 13.7. The zero-order valence-electron chi connectivity index (χ0n) is 10.1. The standard InChI is InChI=1S/C13H10F2N2O3/c14-13(15)20-11-7-2-1-5-9(11)16-12(18)10-6-3-4-8-17(10)19/h1-8,13H,(H,16,18). The summed E-state index contributed by atoms with van der Waals surface area (Å²) in [4.78, 5) is 11.9. The molecule has 0 atom stereocenters. The first-order chi connectivity index (χ1) is 9.58. The van der Waals surface area contributed by atoms with Crippen LogP contribution in [0.3, 0.4) is 0 Å². The minimum absolute atomic E-state index is 0.0571. The van der Waals surface area contributed by atoms with Gasteiger partial charge in [0.05, 0.1) is 5.69 Å². The van der Waals surface area contributed by atoms with Crippen molar-refractivity contribution in [2.45, 2.75) is 6.61 Å². The Bertz CT molecular complexity index is 620. The van der Waals surface area contributed by atoms with Crippen LogP contribution in [0.2, 0.25) is 0 Å². The number of aromatic nitrogens is 1. The number of nitrogens with one attached hydrogen (secondary N) is 1. The van der Waals surface area contributed by atoms with E-state index >= 15 is 0 Å². The third-order valence-corrected chi connectivity index (χ3v) is 2.41. The lowest BCUT2D eigenvalue weighted by molar-refractivity contribution is -0.607. The molecule has 0 saturated heterocycles. The van der Waals surface area contributed by atoms with Crippen molar-refractivity contribution in [1.29, 1.82) is 0 Å². The van der Waals surface area contributed by atoms with Crippen molar-refractivity contribution in [3.8, 4) is 5.75 Å². The molecule has 2 aromatic rings. The number of para-hydroxylation sites is 2. The van der Waals surface area contributed by atoms with E-state index in [9.17, 15) is 18.8 Å². The Balaban J connectivity index is 2.22. The van der Waals surface area contributed by atoms with Crippen molar-refractivity contribution in [3.63, 3.8) is 0 Å². The Hall–Kier alpha value is -2.70. The van der Waals surface area contributed by atoms with Gasteiger partial charge in [0.25, 0.3) is 5.69 Å². The van der Waals surface area contributed by atoms with Crippen LogP contribution in [-0.2, 0) is 0 Å². The van der Waals surface area contributed by atoms with E-state index < -0.39 is 12.5 Å². The molecule has 0 unspecified atom stereocenters. The van der Waals surface area contributed by atoms with Gasteiger partial charge in [0.1, 0.15) is 5.75 Å². The van der Waals surface area contributed by atoms with Crippen molar-refractivity contribution >= 4 is 11.6 Å². The third-order valence-electron chi connectivity index (χ3n) is 2.41. The van der Waals surface area contributed by atoms with Gasteiger partial charge >= 0.3 is 12.5 Å². The molecule has 7 heteroatoms. The van der Waals surface area contributed by atoms with Crippen molar-refractivity contribution < 1.29 is 23.0 Å². The molecule has 0 aliphatic rings. The fourth-order valence-corrected chi connectivity index (χ4v) is 1.56. The van der Waals surface area contributed by atoms with Crippen LogP contribution in [0.4, 0.5) is 14.5 Å². The van der Waals surface area contributed by atoms with Crippen LogP contribution < -0.4 is 14.8 Å². The Morgan fingerprint density at radius 1 is 1.20 bits per heavy atom. The summed E-state index contributed by atoms with van der Waals surface area (Å²) < 4.78 is 29.1. The van der Waals surface area contributed by atoms with E-state index in [0.29, 0.717) is 4.73 Å². The second kappa shape index (κ2) is 5.96. The van der Waals surface area contributed by atoms with E-state index in [1.165, 1.54) is 36.4 Å². The number of halogens is 2. The molecule has 1 N–H and O–H groups in total. The van der Waals surface area contributed by atoms with E-state index in [1.54, 1.807) is 6.07 Å². The topological polar surface area (TPSA) is 65.3 Å². The highest BCUT2D eigenvalue weighted by Crippen LogP contribution is 2.25. The largest absolute Gasteiger partial charge is 0.618 e. The lowest BCUT2D eigenvalue weighted by Crippen LogP contribution is -2.36. The molecule has 2 rings (SSSR count). The number of hydrogen-bond acceptors (Lipinski definition) is 3. The lowest BCUT2D eigenvalue weighted by Gasteiger charge is -2.11. The second-order valence-electron chi connectivity index (χ2n) is 3.74. The molecule has 0 fully saturated rings. The molecular formula is C13H10F2N2O3. The molecule has 0 radical (unpaired) electrons. The molecule has 5 nitrogen and oxygen atoms in total. The highest BCUT2D eigenvalue weighted by Gasteiger charge is 2.17. The highest BCUT2D eigenvalue weighted by atomic mass is 19.3. The smallest absolute Gasteiger partial charge is 0.387 e. The van der Waals surface area contributed by atoms with Crippen LogP contribution in [-0.4, -0.2) is 12.5 Å². The Morgan fingerprint density at radius 3 is 2.60 bits per heavy atom. The molecule has 1 heterocycles. The molecule has 0 spiro atoms. The number of ether oxygens (including phenoxy) is 1. The number of nitrogens with zero attached hydrogens (tertiary/aromatic N) is 1. The number of hydrogen-bond donors (Lipinski definition) is 1. The highest BCUT2D eigenvalue weighted by molar-refractivity contribution is 6.02. The first-order valence-electron chi connectivity index (χ1n) is 5.61. The maximum atomic E-state index is 12.2. The Morgan fingerprint density at radius 2 is 1.90 bits per heavy atom. The summed E-state index contributed by atoms with van der Waals surface area (Å²) in [5.41, 5.74) is -0.0963. The molecule has 1 amide bonds. The summed E-state index contributed by atoms with van der Waals surface area (Å²) in [6.45, 7) is -3.01. The van der Waals surface area contributed by atoms with Crippen molar-refractivity contribution in [3.05, 3.63) is 59.6 Å². The molecule has 1 aromatic carbocycles. The van der Waals surface area contributed by atoms with Gasteiger partial charge in [0, 0.05) is 12.1 Å².